The number of benzene rings is 2. The van der Waals surface area contributed by atoms with Crippen LogP contribution < -0.4 is 10.0 Å². The molecule has 0 saturated heterocycles. The van der Waals surface area contributed by atoms with Crippen molar-refractivity contribution in [2.24, 2.45) is 7.05 Å². The number of hydrogen-bond acceptors (Lipinski definition) is 4. The summed E-state index contributed by atoms with van der Waals surface area (Å²) in [5, 5.41) is 7.75. The van der Waals surface area contributed by atoms with Crippen LogP contribution in [0.3, 0.4) is 0 Å². The molecule has 3 aromatic rings. The molecule has 0 bridgehead atoms. The Morgan fingerprint density at radius 2 is 1.74 bits per heavy atom. The summed E-state index contributed by atoms with van der Waals surface area (Å²) >= 11 is 12.0. The monoisotopic (exact) mass is 480 g/mol. The number of anilines is 1. The van der Waals surface area contributed by atoms with Crippen molar-refractivity contribution in [3.63, 3.8) is 0 Å². The number of aromatic nitrogens is 2. The third-order valence-corrected chi connectivity index (χ3v) is 7.04. The first-order valence-corrected chi connectivity index (χ1v) is 11.6. The standard InChI is InChI=1S/C21H22Cl2N4O3S/c1-12(20-13(2)25-27(4)14(20)3)24-21(28)15-5-10-18(23)19(11-15)31(29,30)26-17-8-6-16(22)7-9-17/h5-12,26H,1-4H3,(H,24,28). The first-order chi connectivity index (χ1) is 14.5. The molecule has 7 nitrogen and oxygen atoms in total. The maximum atomic E-state index is 12.8. The number of aryl methyl sites for hydroxylation is 2. The number of carbonyl (C=O) groups excluding carboxylic acids is 1. The Kier molecular flexibility index (Phi) is 6.64. The molecule has 10 heteroatoms. The van der Waals surface area contributed by atoms with Gasteiger partial charge in [-0.25, -0.2) is 8.42 Å². The zero-order chi connectivity index (χ0) is 22.9. The van der Waals surface area contributed by atoms with E-state index in [1.807, 2.05) is 27.8 Å². The van der Waals surface area contributed by atoms with Gasteiger partial charge in [0, 0.05) is 34.6 Å². The highest BCUT2D eigenvalue weighted by Gasteiger charge is 2.23. The molecule has 1 atom stereocenters. The van der Waals surface area contributed by atoms with Gasteiger partial charge in [0.1, 0.15) is 4.90 Å². The van der Waals surface area contributed by atoms with E-state index in [0.717, 1.165) is 17.0 Å². The Labute approximate surface area is 191 Å². The van der Waals surface area contributed by atoms with Crippen molar-refractivity contribution in [3.8, 4) is 0 Å². The summed E-state index contributed by atoms with van der Waals surface area (Å²) in [5.74, 6) is -0.422. The number of nitrogens with zero attached hydrogens (tertiary/aromatic N) is 2. The molecule has 0 spiro atoms. The molecule has 2 N–H and O–H groups in total. The van der Waals surface area contributed by atoms with E-state index >= 15 is 0 Å². The van der Waals surface area contributed by atoms with Gasteiger partial charge in [-0.2, -0.15) is 5.10 Å². The number of rotatable bonds is 6. The van der Waals surface area contributed by atoms with E-state index in [2.05, 4.69) is 15.1 Å². The minimum Gasteiger partial charge on any atom is -0.345 e. The molecule has 1 unspecified atom stereocenters. The molecule has 1 aromatic heterocycles. The van der Waals surface area contributed by atoms with Crippen LogP contribution in [0.2, 0.25) is 10.0 Å². The molecule has 0 aliphatic rings. The maximum Gasteiger partial charge on any atom is 0.263 e. The molecule has 0 aliphatic carbocycles. The van der Waals surface area contributed by atoms with E-state index in [1.54, 1.807) is 16.8 Å². The second-order valence-electron chi connectivity index (χ2n) is 7.16. The molecule has 1 heterocycles. The van der Waals surface area contributed by atoms with Crippen LogP contribution in [-0.4, -0.2) is 24.1 Å². The van der Waals surface area contributed by atoms with E-state index in [0.29, 0.717) is 10.7 Å². The third kappa shape index (κ3) is 5.03. The molecule has 164 valence electrons. The van der Waals surface area contributed by atoms with E-state index in [4.69, 9.17) is 23.2 Å². The highest BCUT2D eigenvalue weighted by molar-refractivity contribution is 7.92. The van der Waals surface area contributed by atoms with Gasteiger partial charge < -0.3 is 5.32 Å². The molecule has 0 aliphatic heterocycles. The predicted molar refractivity (Wildman–Crippen MR) is 122 cm³/mol. The van der Waals surface area contributed by atoms with Crippen LogP contribution in [0.5, 0.6) is 0 Å². The molecule has 2 aromatic carbocycles. The fourth-order valence-corrected chi connectivity index (χ4v) is 5.06. The summed E-state index contributed by atoms with van der Waals surface area (Å²) in [6, 6.07) is 10.0. The smallest absolute Gasteiger partial charge is 0.263 e. The molecule has 3 rings (SSSR count). The summed E-state index contributed by atoms with van der Waals surface area (Å²) in [5.41, 5.74) is 3.18. The largest absolute Gasteiger partial charge is 0.345 e. The summed E-state index contributed by atoms with van der Waals surface area (Å²) < 4.78 is 29.9. The van der Waals surface area contributed by atoms with Crippen LogP contribution in [0.25, 0.3) is 0 Å². The third-order valence-electron chi connectivity index (χ3n) is 4.92. The van der Waals surface area contributed by atoms with Crippen LogP contribution in [-0.2, 0) is 17.1 Å². The SMILES string of the molecule is Cc1nn(C)c(C)c1C(C)NC(=O)c1ccc(Cl)c(S(=O)(=O)Nc2ccc(Cl)cc2)c1. The average Bonchev–Trinajstić information content (AvgIpc) is 2.95. The van der Waals surface area contributed by atoms with Gasteiger partial charge in [-0.1, -0.05) is 23.2 Å². The fraction of sp³-hybridized carbons (Fsp3) is 0.238. The van der Waals surface area contributed by atoms with Crippen molar-refractivity contribution < 1.29 is 13.2 Å². The van der Waals surface area contributed by atoms with Crippen molar-refractivity contribution in [3.05, 3.63) is 75.0 Å². The van der Waals surface area contributed by atoms with Gasteiger partial charge in [0.2, 0.25) is 0 Å². The zero-order valence-electron chi connectivity index (χ0n) is 17.4. The lowest BCUT2D eigenvalue weighted by atomic mass is 10.1. The normalized spacial score (nSPS) is 12.5. The summed E-state index contributed by atoms with van der Waals surface area (Å²) in [6.45, 7) is 5.65. The number of halogens is 2. The summed E-state index contributed by atoms with van der Waals surface area (Å²) in [6.07, 6.45) is 0. The molecule has 0 radical (unpaired) electrons. The van der Waals surface area contributed by atoms with Crippen molar-refractivity contribution in [2.45, 2.75) is 31.7 Å². The summed E-state index contributed by atoms with van der Waals surface area (Å²) in [4.78, 5) is 12.6. The molecular formula is C21H22Cl2N4O3S. The van der Waals surface area contributed by atoms with Crippen LogP contribution >= 0.6 is 23.2 Å². The highest BCUT2D eigenvalue weighted by atomic mass is 35.5. The molecular weight excluding hydrogens is 459 g/mol. The Morgan fingerprint density at radius 1 is 1.10 bits per heavy atom. The van der Waals surface area contributed by atoms with Crippen molar-refractivity contribution in [1.29, 1.82) is 0 Å². The van der Waals surface area contributed by atoms with Crippen LogP contribution in [0, 0.1) is 13.8 Å². The Morgan fingerprint density at radius 3 is 2.32 bits per heavy atom. The minimum absolute atomic E-state index is 0.00464. The fourth-order valence-electron chi connectivity index (χ4n) is 3.35. The first kappa shape index (κ1) is 23.1. The Balaban J connectivity index is 1.85. The van der Waals surface area contributed by atoms with E-state index in [1.165, 1.54) is 30.3 Å². The van der Waals surface area contributed by atoms with Gasteiger partial charge in [-0.05, 0) is 63.2 Å². The quantitative estimate of drug-likeness (QED) is 0.537. The molecule has 1 amide bonds. The van der Waals surface area contributed by atoms with E-state index in [9.17, 15) is 13.2 Å². The molecule has 0 saturated carbocycles. The van der Waals surface area contributed by atoms with Gasteiger partial charge >= 0.3 is 0 Å². The second-order valence-corrected chi connectivity index (χ2v) is 9.66. The number of sulfonamides is 1. The number of hydrogen-bond donors (Lipinski definition) is 2. The Bertz CT molecular complexity index is 1240. The van der Waals surface area contributed by atoms with Crippen LogP contribution in [0.4, 0.5) is 5.69 Å². The van der Waals surface area contributed by atoms with Gasteiger partial charge in [0.15, 0.2) is 0 Å². The van der Waals surface area contributed by atoms with Crippen molar-refractivity contribution >= 4 is 44.8 Å². The lowest BCUT2D eigenvalue weighted by Gasteiger charge is -2.16. The lowest BCUT2D eigenvalue weighted by Crippen LogP contribution is -2.27. The van der Waals surface area contributed by atoms with Crippen molar-refractivity contribution in [2.75, 3.05) is 4.72 Å². The number of amides is 1. The van der Waals surface area contributed by atoms with Gasteiger partial charge in [-0.3, -0.25) is 14.2 Å². The topological polar surface area (TPSA) is 93.1 Å². The van der Waals surface area contributed by atoms with Crippen LogP contribution in [0.1, 0.15) is 40.3 Å². The predicted octanol–water partition coefficient (Wildman–Crippen LogP) is 4.64. The second kappa shape index (κ2) is 8.90. The zero-order valence-corrected chi connectivity index (χ0v) is 19.7. The van der Waals surface area contributed by atoms with Gasteiger partial charge in [-0.15, -0.1) is 0 Å². The lowest BCUT2D eigenvalue weighted by molar-refractivity contribution is 0.0939. The molecule has 0 fully saturated rings. The van der Waals surface area contributed by atoms with Gasteiger partial charge in [0.05, 0.1) is 16.8 Å². The minimum atomic E-state index is -4.02. The molecule has 31 heavy (non-hydrogen) atoms. The number of nitrogens with one attached hydrogen (secondary N) is 2. The van der Waals surface area contributed by atoms with Gasteiger partial charge in [0.25, 0.3) is 15.9 Å². The summed E-state index contributed by atoms with van der Waals surface area (Å²) in [7, 11) is -2.18. The van der Waals surface area contributed by atoms with E-state index < -0.39 is 15.9 Å². The van der Waals surface area contributed by atoms with Crippen LogP contribution in [0.15, 0.2) is 47.4 Å². The highest BCUT2D eigenvalue weighted by Crippen LogP contribution is 2.26. The van der Waals surface area contributed by atoms with Crippen molar-refractivity contribution in [1.82, 2.24) is 15.1 Å². The first-order valence-electron chi connectivity index (χ1n) is 9.38. The van der Waals surface area contributed by atoms with E-state index in [-0.39, 0.29) is 21.5 Å². The maximum absolute atomic E-state index is 12.8. The Hall–Kier alpha value is -2.55. The average molecular weight is 481 g/mol. The number of carbonyl (C=O) groups is 1.